The number of benzene rings is 2. The molecule has 4 nitrogen and oxygen atoms in total. The van der Waals surface area contributed by atoms with Gasteiger partial charge in [-0.1, -0.05) is 48.5 Å². The van der Waals surface area contributed by atoms with Crippen LogP contribution in [-0.4, -0.2) is 22.5 Å². The van der Waals surface area contributed by atoms with Crippen molar-refractivity contribution >= 4 is 38.7 Å². The molecule has 0 saturated heterocycles. The van der Waals surface area contributed by atoms with Gasteiger partial charge < -0.3 is 10.4 Å². The molecule has 0 spiro atoms. The van der Waals surface area contributed by atoms with Crippen molar-refractivity contribution in [3.63, 3.8) is 0 Å². The molecule has 0 fully saturated rings. The lowest BCUT2D eigenvalue weighted by Crippen LogP contribution is -2.28. The zero-order valence-corrected chi connectivity index (χ0v) is 15.4. The summed E-state index contributed by atoms with van der Waals surface area (Å²) in [6, 6.07) is 17.7. The Morgan fingerprint density at radius 2 is 1.81 bits per heavy atom. The molecular weight excluding hydrogens is 364 g/mol. The largest absolute Gasteiger partial charge is 0.387 e. The molecule has 1 atom stereocenters. The molecule has 0 aliphatic rings. The lowest BCUT2D eigenvalue weighted by atomic mass is 10.1. The molecule has 4 aromatic rings. The van der Waals surface area contributed by atoms with E-state index in [2.05, 4.69) is 10.3 Å². The number of thiophene rings is 1. The lowest BCUT2D eigenvalue weighted by molar-refractivity contribution is 0.0913. The van der Waals surface area contributed by atoms with E-state index in [-0.39, 0.29) is 12.5 Å². The number of aromatic nitrogens is 1. The van der Waals surface area contributed by atoms with Gasteiger partial charge in [0.15, 0.2) is 0 Å². The predicted octanol–water partition coefficient (Wildman–Crippen LogP) is 4.49. The van der Waals surface area contributed by atoms with Crippen molar-refractivity contribution in [2.75, 3.05) is 6.54 Å². The number of carbonyl (C=O) groups is 1. The molecule has 4 rings (SSSR count). The minimum atomic E-state index is -0.748. The number of carbonyl (C=O) groups excluding carboxylic acids is 1. The summed E-state index contributed by atoms with van der Waals surface area (Å²) in [7, 11) is 0. The Labute approximate surface area is 158 Å². The average Bonchev–Trinajstić information content (AvgIpc) is 3.34. The highest BCUT2D eigenvalue weighted by Gasteiger charge is 2.16. The van der Waals surface area contributed by atoms with Crippen LogP contribution in [0.4, 0.5) is 0 Å². The first-order valence-corrected chi connectivity index (χ1v) is 9.91. The van der Waals surface area contributed by atoms with E-state index in [4.69, 9.17) is 0 Å². The number of nitrogens with zero attached hydrogens (tertiary/aromatic N) is 1. The van der Waals surface area contributed by atoms with Crippen LogP contribution in [0.5, 0.6) is 0 Å². The number of hydrogen-bond donors (Lipinski definition) is 2. The summed E-state index contributed by atoms with van der Waals surface area (Å²) in [6.07, 6.45) is -0.748. The van der Waals surface area contributed by atoms with Gasteiger partial charge in [0.2, 0.25) is 0 Å². The van der Waals surface area contributed by atoms with Crippen LogP contribution < -0.4 is 5.32 Å². The summed E-state index contributed by atoms with van der Waals surface area (Å²) in [4.78, 5) is 16.7. The Morgan fingerprint density at radius 3 is 2.65 bits per heavy atom. The van der Waals surface area contributed by atoms with Gasteiger partial charge in [0.05, 0.1) is 6.10 Å². The second-order valence-corrected chi connectivity index (χ2v) is 7.59. The van der Waals surface area contributed by atoms with E-state index in [0.717, 1.165) is 26.2 Å². The maximum Gasteiger partial charge on any atom is 0.270 e. The van der Waals surface area contributed by atoms with Crippen molar-refractivity contribution in [1.29, 1.82) is 0 Å². The molecule has 0 unspecified atom stereocenters. The molecular formula is C20H16N2O2S2. The molecule has 0 saturated carbocycles. The van der Waals surface area contributed by atoms with Crippen LogP contribution in [-0.2, 0) is 0 Å². The number of hydrogen-bond acceptors (Lipinski definition) is 5. The molecule has 0 radical (unpaired) electrons. The summed E-state index contributed by atoms with van der Waals surface area (Å²) >= 11 is 3.02. The van der Waals surface area contributed by atoms with E-state index in [1.807, 2.05) is 60.0 Å². The van der Waals surface area contributed by atoms with Crippen LogP contribution in [0.15, 0.2) is 65.4 Å². The second-order valence-electron chi connectivity index (χ2n) is 5.82. The molecule has 1 amide bonds. The van der Waals surface area contributed by atoms with Gasteiger partial charge in [-0.2, -0.15) is 0 Å². The Morgan fingerprint density at radius 1 is 1.04 bits per heavy atom. The van der Waals surface area contributed by atoms with Crippen LogP contribution in [0.3, 0.4) is 0 Å². The van der Waals surface area contributed by atoms with E-state index >= 15 is 0 Å². The highest BCUT2D eigenvalue weighted by atomic mass is 32.1. The van der Waals surface area contributed by atoms with E-state index in [9.17, 15) is 9.90 Å². The normalized spacial score (nSPS) is 12.2. The number of amides is 1. The van der Waals surface area contributed by atoms with Crippen LogP contribution in [0.2, 0.25) is 0 Å². The Kier molecular flexibility index (Phi) is 4.79. The summed E-state index contributed by atoms with van der Waals surface area (Å²) in [5.74, 6) is -0.276. The van der Waals surface area contributed by atoms with Gasteiger partial charge in [-0.25, -0.2) is 4.98 Å². The number of aliphatic hydroxyl groups excluding tert-OH is 1. The van der Waals surface area contributed by atoms with Crippen molar-refractivity contribution in [3.8, 4) is 10.6 Å². The first-order chi connectivity index (χ1) is 12.7. The van der Waals surface area contributed by atoms with E-state index in [0.29, 0.717) is 5.69 Å². The van der Waals surface area contributed by atoms with Crippen molar-refractivity contribution < 1.29 is 9.90 Å². The molecule has 2 aromatic heterocycles. The fourth-order valence-corrected chi connectivity index (χ4v) is 4.55. The van der Waals surface area contributed by atoms with Gasteiger partial charge in [-0.05, 0) is 16.8 Å². The van der Waals surface area contributed by atoms with E-state index < -0.39 is 6.10 Å². The highest BCUT2D eigenvalue weighted by Crippen LogP contribution is 2.30. The van der Waals surface area contributed by atoms with Crippen molar-refractivity contribution in [1.82, 2.24) is 10.3 Å². The molecule has 0 bridgehead atoms. The third-order valence-corrected chi connectivity index (χ3v) is 5.96. The quantitative estimate of drug-likeness (QED) is 0.536. The SMILES string of the molecule is O=C(NC[C@@H](O)c1csc2ccccc12)c1csc(-c2ccccc2)n1. The maximum absolute atomic E-state index is 12.4. The van der Waals surface area contributed by atoms with Gasteiger partial charge >= 0.3 is 0 Å². The third-order valence-electron chi connectivity index (χ3n) is 4.08. The molecule has 2 N–H and O–H groups in total. The van der Waals surface area contributed by atoms with Crippen molar-refractivity contribution in [2.45, 2.75) is 6.10 Å². The number of thiazole rings is 1. The zero-order valence-electron chi connectivity index (χ0n) is 13.8. The predicted molar refractivity (Wildman–Crippen MR) is 107 cm³/mol. The molecule has 26 heavy (non-hydrogen) atoms. The van der Waals surface area contributed by atoms with E-state index in [1.54, 1.807) is 16.7 Å². The number of fused-ring (bicyclic) bond motifs is 1. The zero-order chi connectivity index (χ0) is 17.9. The third kappa shape index (κ3) is 3.39. The smallest absolute Gasteiger partial charge is 0.270 e. The fraction of sp³-hybridized carbons (Fsp3) is 0.100. The monoisotopic (exact) mass is 380 g/mol. The van der Waals surface area contributed by atoms with Crippen molar-refractivity contribution in [3.05, 3.63) is 76.6 Å². The highest BCUT2D eigenvalue weighted by molar-refractivity contribution is 7.17. The standard InChI is InChI=1S/C20H16N2O2S2/c23-17(15-11-25-18-9-5-4-8-14(15)18)10-21-19(24)16-12-26-20(22-16)13-6-2-1-3-7-13/h1-9,11-12,17,23H,10H2,(H,21,24)/t17-/m1/s1. The molecule has 2 heterocycles. The van der Waals surface area contributed by atoms with Crippen molar-refractivity contribution in [2.24, 2.45) is 0 Å². The number of nitrogens with one attached hydrogen (secondary N) is 1. The lowest BCUT2D eigenvalue weighted by Gasteiger charge is -2.10. The Balaban J connectivity index is 1.43. The van der Waals surface area contributed by atoms with Gasteiger partial charge in [0.1, 0.15) is 10.7 Å². The second kappa shape index (κ2) is 7.37. The summed E-state index contributed by atoms with van der Waals surface area (Å²) < 4.78 is 1.12. The van der Waals surface area contributed by atoms with Gasteiger partial charge in [0, 0.05) is 27.8 Å². The first-order valence-electron chi connectivity index (χ1n) is 8.16. The van der Waals surface area contributed by atoms with Gasteiger partial charge in [-0.3, -0.25) is 4.79 Å². The molecule has 0 aliphatic heterocycles. The topological polar surface area (TPSA) is 62.2 Å². The van der Waals surface area contributed by atoms with Crippen LogP contribution in [0.1, 0.15) is 22.2 Å². The number of aliphatic hydroxyl groups is 1. The van der Waals surface area contributed by atoms with Crippen LogP contribution >= 0.6 is 22.7 Å². The van der Waals surface area contributed by atoms with Gasteiger partial charge in [0.25, 0.3) is 5.91 Å². The molecule has 130 valence electrons. The summed E-state index contributed by atoms with van der Waals surface area (Å²) in [5, 5.41) is 18.8. The fourth-order valence-electron chi connectivity index (χ4n) is 2.74. The minimum Gasteiger partial charge on any atom is -0.387 e. The summed E-state index contributed by atoms with van der Waals surface area (Å²) in [6.45, 7) is 0.151. The Hall–Kier alpha value is -2.54. The van der Waals surface area contributed by atoms with E-state index in [1.165, 1.54) is 11.3 Å². The maximum atomic E-state index is 12.4. The van der Waals surface area contributed by atoms with Crippen LogP contribution in [0.25, 0.3) is 20.7 Å². The number of rotatable bonds is 5. The molecule has 6 heteroatoms. The Bertz CT molecular complexity index is 1040. The first kappa shape index (κ1) is 16.9. The summed E-state index contributed by atoms with van der Waals surface area (Å²) in [5.41, 5.74) is 2.20. The molecule has 2 aromatic carbocycles. The minimum absolute atomic E-state index is 0.151. The average molecular weight is 380 g/mol. The van der Waals surface area contributed by atoms with Crippen LogP contribution in [0, 0.1) is 0 Å². The molecule has 0 aliphatic carbocycles. The van der Waals surface area contributed by atoms with Gasteiger partial charge in [-0.15, -0.1) is 22.7 Å².